The maximum absolute atomic E-state index is 13.2. The van der Waals surface area contributed by atoms with Crippen LogP contribution in [0.1, 0.15) is 10.4 Å². The van der Waals surface area contributed by atoms with Gasteiger partial charge in [0, 0.05) is 43.8 Å². The van der Waals surface area contributed by atoms with Crippen LogP contribution in [0, 0.1) is 0 Å². The number of benzene rings is 2. The van der Waals surface area contributed by atoms with E-state index in [-0.39, 0.29) is 45.6 Å². The standard InChI is InChI=1S/C24H22Cl2N6O5/c25-17-5-6-18(36-12-19(33)34)20(26)21(17)32-13-37-22-16(23(32)35)11-28-24(30-22)29-14-1-3-15(4-2-14)31-9-7-27-8-10-31/h1-6,11,27H,7-10,12-13H2,(H,33,34)(H,28,29,30). The molecule has 1 aromatic heterocycles. The second-order valence-electron chi connectivity index (χ2n) is 8.22. The Bertz CT molecular complexity index is 1330. The van der Waals surface area contributed by atoms with Crippen LogP contribution in [0.2, 0.25) is 10.0 Å². The highest BCUT2D eigenvalue weighted by atomic mass is 35.5. The van der Waals surface area contributed by atoms with Crippen molar-refractivity contribution in [1.82, 2.24) is 15.3 Å². The first-order chi connectivity index (χ1) is 17.9. The summed E-state index contributed by atoms with van der Waals surface area (Å²) in [5.41, 5.74) is 2.19. The second-order valence-corrected chi connectivity index (χ2v) is 9.00. The summed E-state index contributed by atoms with van der Waals surface area (Å²) < 4.78 is 10.9. The molecule has 1 saturated heterocycles. The van der Waals surface area contributed by atoms with Crippen molar-refractivity contribution in [2.24, 2.45) is 0 Å². The highest BCUT2D eigenvalue weighted by Gasteiger charge is 2.32. The van der Waals surface area contributed by atoms with Crippen LogP contribution < -0.4 is 29.9 Å². The van der Waals surface area contributed by atoms with Crippen LogP contribution >= 0.6 is 23.2 Å². The SMILES string of the molecule is O=C(O)COc1ccc(Cl)c(N2COc3nc(Nc4ccc(N5CCNCC5)cc4)ncc3C2=O)c1Cl. The number of hydrogen-bond donors (Lipinski definition) is 3. The van der Waals surface area contributed by atoms with Crippen LogP contribution in [0.3, 0.4) is 0 Å². The summed E-state index contributed by atoms with van der Waals surface area (Å²) in [6.45, 7) is 3.01. The largest absolute Gasteiger partial charge is 0.480 e. The number of aliphatic carboxylic acids is 1. The lowest BCUT2D eigenvalue weighted by Crippen LogP contribution is -2.43. The highest BCUT2D eigenvalue weighted by molar-refractivity contribution is 6.41. The lowest BCUT2D eigenvalue weighted by atomic mass is 10.2. The fraction of sp³-hybridized carbons (Fsp3) is 0.250. The number of nitrogens with one attached hydrogen (secondary N) is 2. The van der Waals surface area contributed by atoms with E-state index in [0.717, 1.165) is 37.6 Å². The van der Waals surface area contributed by atoms with E-state index in [1.165, 1.54) is 23.2 Å². The van der Waals surface area contributed by atoms with Crippen molar-refractivity contribution in [2.75, 3.05) is 54.6 Å². The van der Waals surface area contributed by atoms with Crippen LogP contribution in [-0.2, 0) is 4.79 Å². The molecule has 192 valence electrons. The van der Waals surface area contributed by atoms with Crippen LogP contribution in [0.15, 0.2) is 42.6 Å². The number of anilines is 4. The van der Waals surface area contributed by atoms with E-state index in [9.17, 15) is 9.59 Å². The number of hydrogen-bond acceptors (Lipinski definition) is 9. The predicted molar refractivity (Wildman–Crippen MR) is 139 cm³/mol. The lowest BCUT2D eigenvalue weighted by molar-refractivity contribution is -0.139. The van der Waals surface area contributed by atoms with Crippen LogP contribution in [0.25, 0.3) is 0 Å². The van der Waals surface area contributed by atoms with Gasteiger partial charge in [-0.2, -0.15) is 4.98 Å². The summed E-state index contributed by atoms with van der Waals surface area (Å²) in [5, 5.41) is 15.5. The summed E-state index contributed by atoms with van der Waals surface area (Å²) in [4.78, 5) is 36.2. The van der Waals surface area contributed by atoms with Crippen molar-refractivity contribution in [1.29, 1.82) is 0 Å². The van der Waals surface area contributed by atoms with Gasteiger partial charge < -0.3 is 30.1 Å². The number of carboxylic acids is 1. The van der Waals surface area contributed by atoms with Crippen molar-refractivity contribution >= 4 is 58.1 Å². The van der Waals surface area contributed by atoms with Gasteiger partial charge in [0.1, 0.15) is 16.3 Å². The molecular formula is C24H22Cl2N6O5. The minimum Gasteiger partial charge on any atom is -0.480 e. The summed E-state index contributed by atoms with van der Waals surface area (Å²) in [6.07, 6.45) is 1.36. The van der Waals surface area contributed by atoms with Crippen molar-refractivity contribution in [2.45, 2.75) is 0 Å². The smallest absolute Gasteiger partial charge is 0.341 e. The normalized spacial score (nSPS) is 15.1. The number of carboxylic acid groups (broad SMARTS) is 1. The monoisotopic (exact) mass is 544 g/mol. The maximum Gasteiger partial charge on any atom is 0.341 e. The van der Waals surface area contributed by atoms with Crippen LogP contribution in [0.5, 0.6) is 11.6 Å². The Balaban J connectivity index is 1.32. The van der Waals surface area contributed by atoms with Gasteiger partial charge in [-0.15, -0.1) is 0 Å². The van der Waals surface area contributed by atoms with Gasteiger partial charge in [-0.25, -0.2) is 9.78 Å². The molecule has 3 aromatic rings. The molecular weight excluding hydrogens is 523 g/mol. The van der Waals surface area contributed by atoms with Gasteiger partial charge in [0.15, 0.2) is 13.3 Å². The van der Waals surface area contributed by atoms with Crippen molar-refractivity contribution in [3.63, 3.8) is 0 Å². The number of fused-ring (bicyclic) bond motifs is 1. The number of aromatic nitrogens is 2. The molecule has 0 radical (unpaired) electrons. The first kappa shape index (κ1) is 24.9. The first-order valence-corrected chi connectivity index (χ1v) is 12.1. The van der Waals surface area contributed by atoms with Crippen LogP contribution in [0.4, 0.5) is 23.0 Å². The van der Waals surface area contributed by atoms with E-state index >= 15 is 0 Å². The molecule has 13 heteroatoms. The minimum absolute atomic E-state index is 0.0161. The fourth-order valence-corrected chi connectivity index (χ4v) is 4.64. The molecule has 0 saturated carbocycles. The Kier molecular flexibility index (Phi) is 7.17. The van der Waals surface area contributed by atoms with Gasteiger partial charge in [-0.05, 0) is 36.4 Å². The molecule has 0 spiro atoms. The molecule has 5 rings (SSSR count). The molecule has 0 atom stereocenters. The topological polar surface area (TPSA) is 129 Å². The van der Waals surface area contributed by atoms with Gasteiger partial charge >= 0.3 is 5.97 Å². The predicted octanol–water partition coefficient (Wildman–Crippen LogP) is 3.40. The molecule has 3 heterocycles. The summed E-state index contributed by atoms with van der Waals surface area (Å²) in [5.74, 6) is -1.19. The third-order valence-corrected chi connectivity index (χ3v) is 6.49. The van der Waals surface area contributed by atoms with E-state index in [1.54, 1.807) is 0 Å². The van der Waals surface area contributed by atoms with E-state index in [4.69, 9.17) is 37.8 Å². The van der Waals surface area contributed by atoms with E-state index in [0.29, 0.717) is 0 Å². The molecule has 37 heavy (non-hydrogen) atoms. The van der Waals surface area contributed by atoms with Crippen molar-refractivity contribution in [3.05, 3.63) is 58.2 Å². The highest BCUT2D eigenvalue weighted by Crippen LogP contribution is 2.42. The minimum atomic E-state index is -1.17. The van der Waals surface area contributed by atoms with Crippen molar-refractivity contribution in [3.8, 4) is 11.6 Å². The lowest BCUT2D eigenvalue weighted by Gasteiger charge is -2.30. The number of rotatable bonds is 7. The molecule has 2 aliphatic heterocycles. The van der Waals surface area contributed by atoms with Crippen LogP contribution in [-0.4, -0.2) is 66.5 Å². The van der Waals surface area contributed by atoms with Crippen molar-refractivity contribution < 1.29 is 24.2 Å². The van der Waals surface area contributed by atoms with Gasteiger partial charge in [0.05, 0.1) is 10.7 Å². The Hall–Kier alpha value is -3.80. The first-order valence-electron chi connectivity index (χ1n) is 11.4. The Morgan fingerprint density at radius 1 is 1.16 bits per heavy atom. The number of halogens is 2. The molecule has 2 aliphatic rings. The van der Waals surface area contributed by atoms with E-state index < -0.39 is 18.5 Å². The van der Waals surface area contributed by atoms with Gasteiger partial charge in [0.2, 0.25) is 11.8 Å². The second kappa shape index (κ2) is 10.7. The third kappa shape index (κ3) is 5.33. The molecule has 1 amide bonds. The number of amides is 1. The molecule has 11 nitrogen and oxygen atoms in total. The van der Waals surface area contributed by atoms with E-state index in [1.807, 2.05) is 24.3 Å². The van der Waals surface area contributed by atoms with Gasteiger partial charge in [-0.3, -0.25) is 9.69 Å². The van der Waals surface area contributed by atoms with Gasteiger partial charge in [0.25, 0.3) is 5.91 Å². The average Bonchev–Trinajstić information content (AvgIpc) is 2.90. The quantitative estimate of drug-likeness (QED) is 0.406. The number of ether oxygens (including phenoxy) is 2. The third-order valence-electron chi connectivity index (χ3n) is 5.82. The number of carbonyl (C=O) groups excluding carboxylic acids is 1. The molecule has 0 bridgehead atoms. The summed E-state index contributed by atoms with van der Waals surface area (Å²) in [6, 6.07) is 10.8. The molecule has 0 unspecified atom stereocenters. The molecule has 1 fully saturated rings. The fourth-order valence-electron chi connectivity index (χ4n) is 4.01. The molecule has 3 N–H and O–H groups in total. The molecule has 2 aromatic carbocycles. The zero-order valence-corrected chi connectivity index (χ0v) is 20.9. The zero-order valence-electron chi connectivity index (χ0n) is 19.4. The Morgan fingerprint density at radius 3 is 2.65 bits per heavy atom. The average molecular weight is 545 g/mol. The number of carbonyl (C=O) groups is 2. The number of nitrogens with zero attached hydrogens (tertiary/aromatic N) is 4. The number of piperazine rings is 1. The van der Waals surface area contributed by atoms with E-state index in [2.05, 4.69) is 25.5 Å². The Morgan fingerprint density at radius 2 is 1.92 bits per heavy atom. The summed E-state index contributed by atoms with van der Waals surface area (Å²) >= 11 is 12.7. The maximum atomic E-state index is 13.2. The Labute approximate surface area is 221 Å². The zero-order chi connectivity index (χ0) is 25.9. The molecule has 0 aliphatic carbocycles. The van der Waals surface area contributed by atoms with Gasteiger partial charge in [-0.1, -0.05) is 23.2 Å². The summed E-state index contributed by atoms with van der Waals surface area (Å²) in [7, 11) is 0.